The number of nitrogens with zero attached hydrogens (tertiary/aromatic N) is 3. The van der Waals surface area contributed by atoms with Gasteiger partial charge in [0.25, 0.3) is 0 Å². The summed E-state index contributed by atoms with van der Waals surface area (Å²) >= 11 is 12.6. The fourth-order valence-electron chi connectivity index (χ4n) is 5.14. The van der Waals surface area contributed by atoms with Crippen LogP contribution in [0.1, 0.15) is 43.8 Å². The molecule has 0 saturated carbocycles. The number of rotatable bonds is 4. The second-order valence-corrected chi connectivity index (χ2v) is 9.79. The highest BCUT2D eigenvalue weighted by Crippen LogP contribution is 2.43. The predicted octanol–water partition coefficient (Wildman–Crippen LogP) is 5.99. The summed E-state index contributed by atoms with van der Waals surface area (Å²) < 4.78 is 5.83. The van der Waals surface area contributed by atoms with Gasteiger partial charge in [0.15, 0.2) is 5.11 Å². The van der Waals surface area contributed by atoms with Gasteiger partial charge in [0.2, 0.25) is 0 Å². The number of thiocarbonyl (C=S) groups is 1. The maximum atomic E-state index is 6.84. The van der Waals surface area contributed by atoms with Gasteiger partial charge < -0.3 is 19.5 Å². The Morgan fingerprint density at radius 3 is 2.56 bits per heavy atom. The summed E-state index contributed by atoms with van der Waals surface area (Å²) in [7, 11) is 0. The van der Waals surface area contributed by atoms with Crippen LogP contribution in [0.15, 0.2) is 65.4 Å². The molecule has 2 aromatic heterocycles. The zero-order valence-electron chi connectivity index (χ0n) is 18.2. The molecule has 1 N–H and O–H groups in total. The quantitative estimate of drug-likeness (QED) is 0.476. The molecule has 4 heterocycles. The number of benzene rings is 1. The van der Waals surface area contributed by atoms with Gasteiger partial charge >= 0.3 is 0 Å². The van der Waals surface area contributed by atoms with E-state index in [4.69, 9.17) is 28.2 Å². The van der Waals surface area contributed by atoms with Crippen molar-refractivity contribution in [1.29, 1.82) is 0 Å². The summed E-state index contributed by atoms with van der Waals surface area (Å²) in [6.45, 7) is 6.68. The summed E-state index contributed by atoms with van der Waals surface area (Å²) in [4.78, 5) is 9.06. The van der Waals surface area contributed by atoms with Crippen LogP contribution in [0.25, 0.3) is 0 Å². The monoisotopic (exact) mass is 466 g/mol. The van der Waals surface area contributed by atoms with Gasteiger partial charge in [0.1, 0.15) is 11.8 Å². The van der Waals surface area contributed by atoms with Crippen molar-refractivity contribution in [3.05, 3.63) is 77.5 Å². The lowest BCUT2D eigenvalue weighted by Gasteiger charge is -2.37. The van der Waals surface area contributed by atoms with E-state index in [-0.39, 0.29) is 12.1 Å². The lowest BCUT2D eigenvalue weighted by Crippen LogP contribution is -2.38. The van der Waals surface area contributed by atoms with Crippen molar-refractivity contribution in [3.8, 4) is 0 Å². The third-order valence-electron chi connectivity index (χ3n) is 6.35. The molecule has 0 amide bonds. The molecule has 0 spiro atoms. The van der Waals surface area contributed by atoms with E-state index in [1.807, 2.05) is 36.4 Å². The van der Waals surface area contributed by atoms with Crippen molar-refractivity contribution in [2.24, 2.45) is 11.8 Å². The largest absolute Gasteiger partial charge is 0.467 e. The van der Waals surface area contributed by atoms with Crippen molar-refractivity contribution in [2.45, 2.75) is 32.4 Å². The van der Waals surface area contributed by atoms with Crippen molar-refractivity contribution in [1.82, 2.24) is 10.3 Å². The predicted molar refractivity (Wildman–Crippen MR) is 133 cm³/mol. The molecule has 166 valence electrons. The van der Waals surface area contributed by atoms with E-state index in [1.165, 1.54) is 6.42 Å². The molecule has 5 rings (SSSR count). The van der Waals surface area contributed by atoms with Crippen LogP contribution < -0.4 is 15.1 Å². The van der Waals surface area contributed by atoms with Crippen LogP contribution in [0.4, 0.5) is 11.4 Å². The first kappa shape index (κ1) is 21.3. The van der Waals surface area contributed by atoms with Gasteiger partial charge in [-0.1, -0.05) is 31.5 Å². The van der Waals surface area contributed by atoms with Crippen molar-refractivity contribution >= 4 is 40.3 Å². The smallest absolute Gasteiger partial charge is 0.174 e. The summed E-state index contributed by atoms with van der Waals surface area (Å²) in [6.07, 6.45) is 4.76. The van der Waals surface area contributed by atoms with Crippen LogP contribution in [0.2, 0.25) is 5.02 Å². The van der Waals surface area contributed by atoms with Gasteiger partial charge in [-0.15, -0.1) is 0 Å². The van der Waals surface area contributed by atoms with E-state index in [9.17, 15) is 0 Å². The van der Waals surface area contributed by atoms with E-state index in [1.54, 1.807) is 12.5 Å². The van der Waals surface area contributed by atoms with Gasteiger partial charge in [0.05, 0.1) is 28.7 Å². The lowest BCUT2D eigenvalue weighted by atomic mass is 9.91. The minimum absolute atomic E-state index is 0.128. The van der Waals surface area contributed by atoms with Crippen LogP contribution in [-0.2, 0) is 0 Å². The number of hydrogen-bond acceptors (Lipinski definition) is 4. The van der Waals surface area contributed by atoms with Gasteiger partial charge in [-0.05, 0) is 72.9 Å². The highest BCUT2D eigenvalue weighted by molar-refractivity contribution is 7.80. The van der Waals surface area contributed by atoms with Crippen LogP contribution in [-0.4, -0.2) is 23.2 Å². The Labute approximate surface area is 199 Å². The number of halogens is 1. The topological polar surface area (TPSA) is 44.5 Å². The molecular formula is C25H27ClN4OS. The Balaban J connectivity index is 1.50. The van der Waals surface area contributed by atoms with Crippen LogP contribution in [0.5, 0.6) is 0 Å². The van der Waals surface area contributed by atoms with E-state index in [0.29, 0.717) is 16.9 Å². The summed E-state index contributed by atoms with van der Waals surface area (Å²) in [5.41, 5.74) is 2.94. The van der Waals surface area contributed by atoms with E-state index in [0.717, 1.165) is 40.9 Å². The van der Waals surface area contributed by atoms with Crippen LogP contribution in [0.3, 0.4) is 0 Å². The number of hydrogen-bond donors (Lipinski definition) is 1. The minimum Gasteiger partial charge on any atom is -0.467 e. The Hall–Kier alpha value is -2.57. The summed E-state index contributed by atoms with van der Waals surface area (Å²) in [6, 6.07) is 15.8. The zero-order chi connectivity index (χ0) is 22.2. The SMILES string of the molecule is C[C@@H]1C[C@H](C)CN(c2ccc(N3C(=S)N[C@@H](c4ccccn4)[C@H]3c3ccco3)cc2Cl)C1. The number of pyridine rings is 1. The molecule has 2 fully saturated rings. The molecule has 7 heteroatoms. The molecule has 2 saturated heterocycles. The average molecular weight is 467 g/mol. The summed E-state index contributed by atoms with van der Waals surface area (Å²) in [5, 5.41) is 4.82. The first-order valence-corrected chi connectivity index (χ1v) is 11.9. The van der Waals surface area contributed by atoms with Crippen molar-refractivity contribution in [3.63, 3.8) is 0 Å². The van der Waals surface area contributed by atoms with Gasteiger partial charge in [-0.3, -0.25) is 4.98 Å². The van der Waals surface area contributed by atoms with Crippen LogP contribution in [0, 0.1) is 11.8 Å². The number of furan rings is 1. The second-order valence-electron chi connectivity index (χ2n) is 9.00. The Morgan fingerprint density at radius 1 is 1.09 bits per heavy atom. The van der Waals surface area contributed by atoms with E-state index in [2.05, 4.69) is 46.1 Å². The van der Waals surface area contributed by atoms with Crippen LogP contribution >= 0.6 is 23.8 Å². The van der Waals surface area contributed by atoms with Crippen molar-refractivity contribution in [2.75, 3.05) is 22.9 Å². The third kappa shape index (κ3) is 3.97. The Morgan fingerprint density at radius 2 is 1.91 bits per heavy atom. The van der Waals surface area contributed by atoms with Gasteiger partial charge in [-0.25, -0.2) is 0 Å². The normalized spacial score (nSPS) is 25.8. The molecule has 32 heavy (non-hydrogen) atoms. The molecule has 5 nitrogen and oxygen atoms in total. The van der Waals surface area contributed by atoms with Gasteiger partial charge in [0, 0.05) is 25.0 Å². The molecule has 0 unspecified atom stereocenters. The maximum absolute atomic E-state index is 6.84. The van der Waals surface area contributed by atoms with E-state index >= 15 is 0 Å². The number of nitrogens with one attached hydrogen (secondary N) is 1. The molecule has 0 aliphatic carbocycles. The number of anilines is 2. The van der Waals surface area contributed by atoms with Gasteiger partial charge in [-0.2, -0.15) is 0 Å². The highest BCUT2D eigenvalue weighted by atomic mass is 35.5. The Kier molecular flexibility index (Phi) is 5.82. The van der Waals surface area contributed by atoms with E-state index < -0.39 is 0 Å². The maximum Gasteiger partial charge on any atom is 0.174 e. The number of aromatic nitrogens is 1. The number of piperidine rings is 1. The fraction of sp³-hybridized carbons (Fsp3) is 0.360. The average Bonchev–Trinajstić information content (AvgIpc) is 3.41. The first-order valence-electron chi connectivity index (χ1n) is 11.1. The second kappa shape index (κ2) is 8.75. The lowest BCUT2D eigenvalue weighted by molar-refractivity contribution is 0.357. The molecule has 0 radical (unpaired) electrons. The molecule has 0 bridgehead atoms. The highest BCUT2D eigenvalue weighted by Gasteiger charge is 2.42. The first-order chi connectivity index (χ1) is 15.5. The zero-order valence-corrected chi connectivity index (χ0v) is 19.8. The fourth-order valence-corrected chi connectivity index (χ4v) is 5.78. The third-order valence-corrected chi connectivity index (χ3v) is 6.97. The molecular weight excluding hydrogens is 440 g/mol. The molecule has 4 atom stereocenters. The molecule has 1 aromatic carbocycles. The van der Waals surface area contributed by atoms with Crippen molar-refractivity contribution < 1.29 is 4.42 Å². The summed E-state index contributed by atoms with van der Waals surface area (Å²) in [5.74, 6) is 2.14. The molecule has 2 aliphatic rings. The molecule has 3 aromatic rings. The molecule has 2 aliphatic heterocycles. The Bertz CT molecular complexity index is 1080. The minimum atomic E-state index is -0.163. The standard InChI is InChI=1S/C25H27ClN4OS/c1-16-12-17(2)15-29(14-16)21-9-8-18(13-19(21)26)30-24(22-7-5-11-31-22)23(28-25(30)32)20-6-3-4-10-27-20/h3-11,13,16-17,23-24H,12,14-15H2,1-2H3,(H,28,32)/t16-,17+,23-,24+/m0/s1.